The lowest BCUT2D eigenvalue weighted by Crippen LogP contribution is -2.42. The van der Waals surface area contributed by atoms with Crippen molar-refractivity contribution in [2.24, 2.45) is 5.92 Å². The van der Waals surface area contributed by atoms with Crippen LogP contribution in [-0.2, 0) is 0 Å². The van der Waals surface area contributed by atoms with Gasteiger partial charge in [-0.25, -0.2) is 0 Å². The predicted octanol–water partition coefficient (Wildman–Crippen LogP) is 12.2. The number of nitrogens with zero attached hydrogens (tertiary/aromatic N) is 1. The molecule has 0 amide bonds. The number of nitrogens with one attached hydrogen (secondary N) is 1. The van der Waals surface area contributed by atoms with Crippen LogP contribution in [0, 0.1) is 19.8 Å². The van der Waals surface area contributed by atoms with E-state index in [0.717, 1.165) is 23.5 Å². The lowest BCUT2D eigenvalue weighted by atomic mass is 9.80. The lowest BCUT2D eigenvalue weighted by Gasteiger charge is -2.40. The Morgan fingerprint density at radius 1 is 0.827 bits per heavy atom. The fourth-order valence-corrected chi connectivity index (χ4v) is 5.26. The van der Waals surface area contributed by atoms with Gasteiger partial charge in [0.2, 0.25) is 10.9 Å². The molecule has 0 spiro atoms. The first-order chi connectivity index (χ1) is 24.4. The summed E-state index contributed by atoms with van der Waals surface area (Å²) in [5.41, 5.74) is 5.86. The molecule has 1 aliphatic carbocycles. The molecule has 0 bridgehead atoms. The molecular formula is C45H75F3N2O2. The summed E-state index contributed by atoms with van der Waals surface area (Å²) in [5, 5.41) is 1.98. The molecule has 1 aliphatic heterocycles. The summed E-state index contributed by atoms with van der Waals surface area (Å²) in [5.74, 6) is 1.78. The summed E-state index contributed by atoms with van der Waals surface area (Å²) < 4.78 is 33.0. The molecule has 1 N–H and O–H groups in total. The molecule has 298 valence electrons. The number of hydrogen-bond acceptors (Lipinski definition) is 4. The van der Waals surface area contributed by atoms with Gasteiger partial charge in [0.15, 0.2) is 0 Å². The van der Waals surface area contributed by atoms with Crippen molar-refractivity contribution < 1.29 is 13.2 Å². The van der Waals surface area contributed by atoms with Crippen LogP contribution in [0.3, 0.4) is 0 Å². The van der Waals surface area contributed by atoms with Crippen molar-refractivity contribution in [2.45, 2.75) is 159 Å². The normalized spacial score (nSPS) is 18.1. The molecule has 4 nitrogen and oxygen atoms in total. The highest BCUT2D eigenvalue weighted by molar-refractivity contribution is 5.31. The minimum absolute atomic E-state index is 0.317. The SMILES string of the molecule is C=C(C)/C(C)=C\C(C)=C/C.CC1CCN(C2CCC(c3ccccc3)CC2)CC1.CCCC.CCCC.CNCC(F)(F)F.Cc1c(C)c(=O)c1=O. The number of halogens is 3. The maximum absolute atomic E-state index is 11.0. The summed E-state index contributed by atoms with van der Waals surface area (Å²) >= 11 is 0. The number of allylic oxidation sites excluding steroid dienone is 5. The van der Waals surface area contributed by atoms with Crippen molar-refractivity contribution in [1.82, 2.24) is 10.2 Å². The monoisotopic (exact) mass is 733 g/mol. The van der Waals surface area contributed by atoms with Crippen LogP contribution in [-0.4, -0.2) is 43.8 Å². The maximum atomic E-state index is 11.0. The van der Waals surface area contributed by atoms with E-state index in [0.29, 0.717) is 11.1 Å². The average Bonchev–Trinajstić information content (AvgIpc) is 3.15. The van der Waals surface area contributed by atoms with Gasteiger partial charge < -0.3 is 10.2 Å². The first-order valence-electron chi connectivity index (χ1n) is 19.7. The number of benzene rings is 1. The lowest BCUT2D eigenvalue weighted by molar-refractivity contribution is -0.123. The second kappa shape index (κ2) is 29.7. The molecule has 0 radical (unpaired) electrons. The Kier molecular flexibility index (Phi) is 29.3. The van der Waals surface area contributed by atoms with E-state index in [9.17, 15) is 22.8 Å². The minimum atomic E-state index is -4.06. The zero-order valence-corrected chi connectivity index (χ0v) is 35.1. The van der Waals surface area contributed by atoms with Gasteiger partial charge in [-0.05, 0) is 123 Å². The van der Waals surface area contributed by atoms with Gasteiger partial charge in [-0.15, -0.1) is 0 Å². The van der Waals surface area contributed by atoms with Gasteiger partial charge in [0.25, 0.3) is 0 Å². The van der Waals surface area contributed by atoms with Crippen LogP contribution in [0.2, 0.25) is 0 Å². The molecule has 2 aromatic carbocycles. The van der Waals surface area contributed by atoms with E-state index in [2.05, 4.69) is 102 Å². The Hall–Kier alpha value is -2.77. The summed E-state index contributed by atoms with van der Waals surface area (Å²) in [6.45, 7) is 28.3. The molecule has 2 fully saturated rings. The molecule has 0 unspecified atom stereocenters. The molecular weight excluding hydrogens is 658 g/mol. The number of unbranched alkanes of at least 4 members (excludes halogenated alkanes) is 2. The quantitative estimate of drug-likeness (QED) is 0.227. The Balaban J connectivity index is 0. The van der Waals surface area contributed by atoms with E-state index >= 15 is 0 Å². The van der Waals surface area contributed by atoms with Crippen molar-refractivity contribution >= 4 is 0 Å². The van der Waals surface area contributed by atoms with E-state index in [-0.39, 0.29) is 10.9 Å². The largest absolute Gasteiger partial charge is 0.401 e. The summed E-state index contributed by atoms with van der Waals surface area (Å²) in [7, 11) is 1.26. The minimum Gasteiger partial charge on any atom is -0.312 e. The topological polar surface area (TPSA) is 49.4 Å². The third kappa shape index (κ3) is 23.7. The van der Waals surface area contributed by atoms with Crippen LogP contribution in [0.25, 0.3) is 0 Å². The number of alkyl halides is 3. The number of rotatable bonds is 7. The van der Waals surface area contributed by atoms with Gasteiger partial charge in [-0.3, -0.25) is 9.59 Å². The second-order valence-electron chi connectivity index (χ2n) is 14.3. The molecule has 0 aromatic heterocycles. The van der Waals surface area contributed by atoms with E-state index in [4.69, 9.17) is 0 Å². The zero-order chi connectivity index (χ0) is 40.3. The first kappa shape index (κ1) is 51.3. The zero-order valence-electron chi connectivity index (χ0n) is 35.1. The van der Waals surface area contributed by atoms with E-state index in [1.54, 1.807) is 19.4 Å². The van der Waals surface area contributed by atoms with Crippen LogP contribution in [0.15, 0.2) is 75.4 Å². The highest BCUT2D eigenvalue weighted by atomic mass is 19.4. The Bertz CT molecular complexity index is 1280. The highest BCUT2D eigenvalue weighted by Crippen LogP contribution is 2.35. The third-order valence-corrected chi connectivity index (χ3v) is 9.70. The van der Waals surface area contributed by atoms with Crippen LogP contribution in [0.5, 0.6) is 0 Å². The summed E-state index contributed by atoms with van der Waals surface area (Å²) in [6, 6.07) is 12.0. The van der Waals surface area contributed by atoms with E-state index in [1.807, 2.05) is 19.2 Å². The third-order valence-electron chi connectivity index (χ3n) is 9.70. The van der Waals surface area contributed by atoms with Crippen molar-refractivity contribution in [3.63, 3.8) is 0 Å². The van der Waals surface area contributed by atoms with Crippen LogP contribution in [0.4, 0.5) is 13.2 Å². The molecule has 1 saturated carbocycles. The fourth-order valence-electron chi connectivity index (χ4n) is 5.26. The van der Waals surface area contributed by atoms with Crippen LogP contribution < -0.4 is 16.2 Å². The number of piperidine rings is 1. The van der Waals surface area contributed by atoms with E-state index in [1.165, 1.54) is 95.5 Å². The molecule has 4 rings (SSSR count). The Labute approximate surface area is 316 Å². The van der Waals surface area contributed by atoms with Crippen molar-refractivity contribution in [3.05, 3.63) is 103 Å². The standard InChI is InChI=1S/C18H27N.C10H16.C6H6O2.2C4H10.C3H6F3N/c1-15-11-13-19(14-12-15)18-9-7-17(8-10-18)16-5-3-2-4-6-16;1-6-9(4)7-10(5)8(2)3;1-3-4(2)6(8)5(3)7;2*1-3-4-2;1-7-2-3(4,5)6/h2-6,15,17-18H,7-14H2,1H3;6-7H,2H2,1,3-5H3;1-2H3;2*3-4H2,1-2H3;7H,2H2,1H3/b;9-6-,10-7-;;;;. The molecule has 2 aliphatic rings. The Morgan fingerprint density at radius 3 is 1.58 bits per heavy atom. The van der Waals surface area contributed by atoms with Crippen molar-refractivity contribution in [3.8, 4) is 0 Å². The summed E-state index contributed by atoms with van der Waals surface area (Å²) in [4.78, 5) is 23.5. The van der Waals surface area contributed by atoms with Gasteiger partial charge in [0.1, 0.15) is 0 Å². The van der Waals surface area contributed by atoms with Gasteiger partial charge in [-0.2, -0.15) is 13.2 Å². The molecule has 1 saturated heterocycles. The summed E-state index contributed by atoms with van der Waals surface area (Å²) in [6.07, 6.45) is 13.9. The van der Waals surface area contributed by atoms with Crippen LogP contribution in [0.1, 0.15) is 149 Å². The van der Waals surface area contributed by atoms with E-state index < -0.39 is 12.7 Å². The fraction of sp³-hybridized carbons (Fsp3) is 0.644. The molecule has 0 atom stereocenters. The van der Waals surface area contributed by atoms with Crippen LogP contribution >= 0.6 is 0 Å². The van der Waals surface area contributed by atoms with Gasteiger partial charge in [0.05, 0.1) is 6.54 Å². The predicted molar refractivity (Wildman–Crippen MR) is 221 cm³/mol. The second-order valence-corrected chi connectivity index (χ2v) is 14.3. The molecule has 2 aromatic rings. The first-order valence-corrected chi connectivity index (χ1v) is 19.7. The smallest absolute Gasteiger partial charge is 0.312 e. The maximum Gasteiger partial charge on any atom is 0.401 e. The number of hydrogen-bond donors (Lipinski definition) is 1. The molecule has 1 heterocycles. The Morgan fingerprint density at radius 2 is 1.27 bits per heavy atom. The van der Waals surface area contributed by atoms with Crippen molar-refractivity contribution in [1.29, 1.82) is 0 Å². The highest BCUT2D eigenvalue weighted by Gasteiger charge is 2.28. The average molecular weight is 733 g/mol. The van der Waals surface area contributed by atoms with Gasteiger partial charge >= 0.3 is 6.18 Å². The molecule has 7 heteroatoms. The van der Waals surface area contributed by atoms with Crippen molar-refractivity contribution in [2.75, 3.05) is 26.7 Å². The van der Waals surface area contributed by atoms with Gasteiger partial charge in [-0.1, -0.05) is 121 Å². The number of likely N-dealkylation sites (tertiary alicyclic amines) is 1. The van der Waals surface area contributed by atoms with Gasteiger partial charge in [0, 0.05) is 17.2 Å². The molecule has 52 heavy (non-hydrogen) atoms.